The summed E-state index contributed by atoms with van der Waals surface area (Å²) >= 11 is 0. The number of likely N-dealkylation sites (tertiary alicyclic amines) is 1. The Morgan fingerprint density at radius 3 is 2.74 bits per heavy atom. The number of amides is 1. The van der Waals surface area contributed by atoms with Crippen LogP contribution in [0.5, 0.6) is 11.5 Å². The summed E-state index contributed by atoms with van der Waals surface area (Å²) in [5.41, 5.74) is 2.68. The Labute approximate surface area is 202 Å². The van der Waals surface area contributed by atoms with E-state index in [1.165, 1.54) is 5.56 Å². The van der Waals surface area contributed by atoms with Gasteiger partial charge in [0.15, 0.2) is 0 Å². The van der Waals surface area contributed by atoms with Crippen molar-refractivity contribution < 1.29 is 14.6 Å². The van der Waals surface area contributed by atoms with Crippen LogP contribution in [0.2, 0.25) is 0 Å². The summed E-state index contributed by atoms with van der Waals surface area (Å²) < 4.78 is 5.29. The number of benzene rings is 2. The van der Waals surface area contributed by atoms with Gasteiger partial charge in [-0.2, -0.15) is 0 Å². The molecule has 1 aliphatic heterocycles. The number of methoxy groups -OCH3 is 1. The molecule has 0 unspecified atom stereocenters. The van der Waals surface area contributed by atoms with Crippen LogP contribution in [-0.2, 0) is 5.41 Å². The van der Waals surface area contributed by atoms with Crippen molar-refractivity contribution in [1.29, 1.82) is 0 Å². The number of hydrogen-bond donors (Lipinski definition) is 3. The number of nitrogens with zero attached hydrogens (tertiary/aromatic N) is 1. The molecular weight excluding hydrogens is 426 g/mol. The summed E-state index contributed by atoms with van der Waals surface area (Å²) in [7, 11) is 1.64. The topological polar surface area (TPSA) is 77.6 Å². The molecule has 2 heterocycles. The number of aromatic amines is 1. The van der Waals surface area contributed by atoms with E-state index in [0.29, 0.717) is 23.3 Å². The highest BCUT2D eigenvalue weighted by Gasteiger charge is 2.38. The molecular formula is C28H37N3O3. The van der Waals surface area contributed by atoms with Crippen molar-refractivity contribution in [1.82, 2.24) is 15.2 Å². The number of piperidine rings is 1. The van der Waals surface area contributed by atoms with Crippen molar-refractivity contribution in [2.75, 3.05) is 26.7 Å². The number of nitrogens with one attached hydrogen (secondary N) is 2. The Hall–Kier alpha value is -2.99. The number of fused-ring (bicyclic) bond motifs is 1. The zero-order chi connectivity index (χ0) is 24.5. The molecule has 1 aromatic heterocycles. The average Bonchev–Trinajstić information content (AvgIpc) is 3.24. The molecule has 0 bridgehead atoms. The summed E-state index contributed by atoms with van der Waals surface area (Å²) in [5.74, 6) is 1.74. The quantitative estimate of drug-likeness (QED) is 0.464. The van der Waals surface area contributed by atoms with E-state index < -0.39 is 0 Å². The van der Waals surface area contributed by atoms with Crippen LogP contribution >= 0.6 is 0 Å². The molecule has 182 valence electrons. The van der Waals surface area contributed by atoms with E-state index in [1.54, 1.807) is 13.2 Å². The summed E-state index contributed by atoms with van der Waals surface area (Å²) in [5, 5.41) is 14.2. The summed E-state index contributed by atoms with van der Waals surface area (Å²) in [6.45, 7) is 11.6. The number of phenols is 1. The lowest BCUT2D eigenvalue weighted by atomic mass is 9.68. The molecule has 0 spiro atoms. The van der Waals surface area contributed by atoms with Crippen LogP contribution in [-0.4, -0.2) is 53.7 Å². The molecule has 4 rings (SSSR count). The minimum atomic E-state index is -0.0801. The largest absolute Gasteiger partial charge is 0.508 e. The van der Waals surface area contributed by atoms with Crippen LogP contribution in [0.1, 0.15) is 50.2 Å². The first-order valence-corrected chi connectivity index (χ1v) is 12.2. The number of H-pyrrole nitrogens is 1. The molecule has 0 radical (unpaired) electrons. The number of carbonyl (C=O) groups is 1. The second kappa shape index (κ2) is 9.71. The molecule has 1 fully saturated rings. The molecule has 3 atom stereocenters. The van der Waals surface area contributed by atoms with Crippen molar-refractivity contribution in [2.24, 2.45) is 11.8 Å². The lowest BCUT2D eigenvalue weighted by Crippen LogP contribution is -2.53. The highest BCUT2D eigenvalue weighted by atomic mass is 16.5. The number of ether oxygens (including phenoxy) is 1. The second-order valence-electron chi connectivity index (χ2n) is 10.3. The van der Waals surface area contributed by atoms with Gasteiger partial charge in [0.1, 0.15) is 17.2 Å². The molecule has 6 heteroatoms. The van der Waals surface area contributed by atoms with E-state index in [0.717, 1.165) is 42.7 Å². The van der Waals surface area contributed by atoms with Gasteiger partial charge in [0.2, 0.25) is 0 Å². The maximum absolute atomic E-state index is 13.1. The first-order chi connectivity index (χ1) is 16.2. The van der Waals surface area contributed by atoms with Crippen molar-refractivity contribution in [2.45, 2.75) is 45.6 Å². The van der Waals surface area contributed by atoms with Crippen molar-refractivity contribution in [3.05, 3.63) is 59.8 Å². The van der Waals surface area contributed by atoms with Crippen LogP contribution in [0.4, 0.5) is 0 Å². The lowest BCUT2D eigenvalue weighted by molar-refractivity contribution is 0.0812. The first-order valence-electron chi connectivity index (χ1n) is 12.2. The van der Waals surface area contributed by atoms with Gasteiger partial charge in [-0.1, -0.05) is 39.8 Å². The third kappa shape index (κ3) is 4.92. The van der Waals surface area contributed by atoms with Gasteiger partial charge >= 0.3 is 0 Å². The molecule has 34 heavy (non-hydrogen) atoms. The molecule has 0 aliphatic carbocycles. The molecule has 2 aromatic carbocycles. The van der Waals surface area contributed by atoms with E-state index in [4.69, 9.17) is 4.74 Å². The van der Waals surface area contributed by atoms with Gasteiger partial charge in [-0.05, 0) is 66.1 Å². The summed E-state index contributed by atoms with van der Waals surface area (Å²) in [4.78, 5) is 18.8. The van der Waals surface area contributed by atoms with Crippen molar-refractivity contribution in [3.63, 3.8) is 0 Å². The third-order valence-electron chi connectivity index (χ3n) is 7.72. The Morgan fingerprint density at radius 1 is 1.26 bits per heavy atom. The lowest BCUT2D eigenvalue weighted by Gasteiger charge is -2.46. The Balaban J connectivity index is 1.42. The van der Waals surface area contributed by atoms with Gasteiger partial charge in [0, 0.05) is 36.1 Å². The summed E-state index contributed by atoms with van der Waals surface area (Å²) in [6.07, 6.45) is 1.01. The fourth-order valence-corrected chi connectivity index (χ4v) is 5.08. The number of aromatic hydroxyl groups is 1. The number of rotatable bonds is 7. The van der Waals surface area contributed by atoms with Crippen LogP contribution in [0, 0.1) is 11.8 Å². The predicted octanol–water partition coefficient (Wildman–Crippen LogP) is 4.94. The highest BCUT2D eigenvalue weighted by molar-refractivity contribution is 5.98. The van der Waals surface area contributed by atoms with E-state index in [2.05, 4.69) is 49.0 Å². The SMILES string of the molecule is COc1ccc2cc(C(=O)N[C@H](CN3CC[C@@](C)(c4cccc(O)c4)[C@@H](C)C3)C(C)C)[nH]c2c1. The Morgan fingerprint density at radius 2 is 2.06 bits per heavy atom. The van der Waals surface area contributed by atoms with E-state index >= 15 is 0 Å². The number of carbonyl (C=O) groups excluding carboxylic acids is 1. The van der Waals surface area contributed by atoms with Gasteiger partial charge in [0.25, 0.3) is 5.91 Å². The smallest absolute Gasteiger partial charge is 0.267 e. The maximum atomic E-state index is 13.1. The second-order valence-corrected chi connectivity index (χ2v) is 10.3. The normalized spacial score (nSPS) is 22.1. The molecule has 1 amide bonds. The fourth-order valence-electron chi connectivity index (χ4n) is 5.08. The standard InChI is InChI=1S/C28H37N3O3/c1-18(2)26(30-27(33)25-13-20-9-10-23(34-5)15-24(20)29-25)17-31-12-11-28(4,19(3)16-31)21-7-6-8-22(32)14-21/h6-10,13-15,18-19,26,29,32H,11-12,16-17H2,1-5H3,(H,30,33)/t19-,26+,28+/m0/s1. The van der Waals surface area contributed by atoms with Crippen molar-refractivity contribution >= 4 is 16.8 Å². The molecule has 3 N–H and O–H groups in total. The minimum Gasteiger partial charge on any atom is -0.508 e. The molecule has 6 nitrogen and oxygen atoms in total. The fraction of sp³-hybridized carbons (Fsp3) is 0.464. The zero-order valence-corrected chi connectivity index (χ0v) is 20.9. The Bertz CT molecular complexity index is 1150. The minimum absolute atomic E-state index is 0.0250. The van der Waals surface area contributed by atoms with Gasteiger partial charge in [0.05, 0.1) is 7.11 Å². The van der Waals surface area contributed by atoms with E-state index in [1.807, 2.05) is 36.4 Å². The zero-order valence-electron chi connectivity index (χ0n) is 20.9. The van der Waals surface area contributed by atoms with E-state index in [9.17, 15) is 9.90 Å². The first kappa shape index (κ1) is 24.1. The number of hydrogen-bond acceptors (Lipinski definition) is 4. The van der Waals surface area contributed by atoms with Crippen molar-refractivity contribution in [3.8, 4) is 11.5 Å². The van der Waals surface area contributed by atoms with Gasteiger partial charge < -0.3 is 25.0 Å². The van der Waals surface area contributed by atoms with Crippen LogP contribution < -0.4 is 10.1 Å². The predicted molar refractivity (Wildman–Crippen MR) is 137 cm³/mol. The van der Waals surface area contributed by atoms with E-state index in [-0.39, 0.29) is 17.4 Å². The number of phenolic OH excluding ortho intramolecular Hbond substituents is 1. The Kier molecular flexibility index (Phi) is 6.89. The molecule has 3 aromatic rings. The molecule has 1 saturated heterocycles. The molecule has 0 saturated carbocycles. The van der Waals surface area contributed by atoms with Crippen LogP contribution in [0.25, 0.3) is 10.9 Å². The van der Waals surface area contributed by atoms with Crippen LogP contribution in [0.15, 0.2) is 48.5 Å². The van der Waals surface area contributed by atoms with Gasteiger partial charge in [-0.25, -0.2) is 0 Å². The van der Waals surface area contributed by atoms with Gasteiger partial charge in [-0.15, -0.1) is 0 Å². The van der Waals surface area contributed by atoms with Crippen LogP contribution in [0.3, 0.4) is 0 Å². The maximum Gasteiger partial charge on any atom is 0.267 e. The number of aromatic nitrogens is 1. The average molecular weight is 464 g/mol. The summed E-state index contributed by atoms with van der Waals surface area (Å²) in [6, 6.07) is 15.4. The highest BCUT2D eigenvalue weighted by Crippen LogP contribution is 2.40. The monoisotopic (exact) mass is 463 g/mol. The third-order valence-corrected chi connectivity index (χ3v) is 7.72. The molecule has 1 aliphatic rings. The van der Waals surface area contributed by atoms with Gasteiger partial charge in [-0.3, -0.25) is 4.79 Å².